The fourth-order valence-electron chi connectivity index (χ4n) is 1.13. The number of pyridine rings is 1. The molecule has 0 bridgehead atoms. The highest BCUT2D eigenvalue weighted by Gasteiger charge is 2.11. The molecule has 8 heteroatoms. The molecule has 0 fully saturated rings. The number of rotatable bonds is 5. The van der Waals surface area contributed by atoms with Gasteiger partial charge >= 0.3 is 0 Å². The second kappa shape index (κ2) is 9.90. The number of halogens is 2. The zero-order valence-electron chi connectivity index (χ0n) is 9.84. The molecular formula is C10H17Cl2N3O3. The lowest BCUT2D eigenvalue weighted by atomic mass is 10.2. The molecular weight excluding hydrogens is 281 g/mol. The summed E-state index contributed by atoms with van der Waals surface area (Å²) < 4.78 is 4.76. The highest BCUT2D eigenvalue weighted by atomic mass is 35.5. The van der Waals surface area contributed by atoms with E-state index in [1.165, 1.54) is 13.2 Å². The smallest absolute Gasteiger partial charge is 0.247 e. The number of ether oxygens (including phenoxy) is 1. The van der Waals surface area contributed by atoms with Crippen molar-refractivity contribution >= 4 is 30.7 Å². The summed E-state index contributed by atoms with van der Waals surface area (Å²) in [5.41, 5.74) is 6.15. The van der Waals surface area contributed by atoms with E-state index in [0.29, 0.717) is 6.54 Å². The van der Waals surface area contributed by atoms with Gasteiger partial charge in [-0.05, 0) is 5.56 Å². The van der Waals surface area contributed by atoms with Crippen LogP contribution in [0.15, 0.2) is 23.1 Å². The molecule has 0 aromatic carbocycles. The number of nitrogens with two attached hydrogens (primary N) is 1. The molecule has 1 heterocycles. The second-order valence-electron chi connectivity index (χ2n) is 3.34. The maximum absolute atomic E-state index is 11.4. The molecule has 0 aliphatic carbocycles. The van der Waals surface area contributed by atoms with E-state index in [9.17, 15) is 9.59 Å². The molecule has 0 radical (unpaired) electrons. The van der Waals surface area contributed by atoms with Gasteiger partial charge in [-0.15, -0.1) is 24.8 Å². The Labute approximate surface area is 117 Å². The van der Waals surface area contributed by atoms with Crippen LogP contribution < -0.4 is 16.6 Å². The molecule has 0 aliphatic rings. The van der Waals surface area contributed by atoms with E-state index in [1.807, 2.05) is 0 Å². The van der Waals surface area contributed by atoms with Crippen LogP contribution in [0, 0.1) is 0 Å². The molecule has 4 N–H and O–H groups in total. The lowest BCUT2D eigenvalue weighted by Gasteiger charge is -2.10. The topological polar surface area (TPSA) is 97.2 Å². The first-order chi connectivity index (χ1) is 7.63. The van der Waals surface area contributed by atoms with Gasteiger partial charge in [0.05, 0.1) is 6.61 Å². The van der Waals surface area contributed by atoms with Crippen molar-refractivity contribution in [3.8, 4) is 0 Å². The molecule has 18 heavy (non-hydrogen) atoms. The SMILES string of the molecule is COCC(N)C(=O)NCc1ccc(=O)[nH]c1.Cl.Cl. The van der Waals surface area contributed by atoms with Gasteiger partial charge in [-0.2, -0.15) is 0 Å². The fraction of sp³-hybridized carbons (Fsp3) is 0.400. The van der Waals surface area contributed by atoms with E-state index >= 15 is 0 Å². The van der Waals surface area contributed by atoms with Gasteiger partial charge in [0.2, 0.25) is 11.5 Å². The van der Waals surface area contributed by atoms with Crippen LogP contribution in [0.5, 0.6) is 0 Å². The number of amides is 1. The second-order valence-corrected chi connectivity index (χ2v) is 3.34. The Morgan fingerprint density at radius 2 is 2.17 bits per heavy atom. The molecule has 1 unspecified atom stereocenters. The first kappa shape index (κ1) is 19.3. The zero-order chi connectivity index (χ0) is 12.0. The van der Waals surface area contributed by atoms with Crippen LogP contribution >= 0.6 is 24.8 Å². The quantitative estimate of drug-likeness (QED) is 0.702. The highest BCUT2D eigenvalue weighted by molar-refractivity contribution is 5.85. The number of carbonyl (C=O) groups is 1. The molecule has 1 aromatic heterocycles. The third kappa shape index (κ3) is 6.61. The number of hydrogen-bond donors (Lipinski definition) is 3. The van der Waals surface area contributed by atoms with Crippen LogP contribution in [0.4, 0.5) is 0 Å². The molecule has 0 saturated heterocycles. The summed E-state index contributed by atoms with van der Waals surface area (Å²) in [6.07, 6.45) is 1.55. The third-order valence-corrected chi connectivity index (χ3v) is 2.00. The molecule has 1 rings (SSSR count). The summed E-state index contributed by atoms with van der Waals surface area (Å²) in [5, 5.41) is 2.64. The minimum Gasteiger partial charge on any atom is -0.383 e. The van der Waals surface area contributed by atoms with Gasteiger partial charge in [-0.3, -0.25) is 9.59 Å². The van der Waals surface area contributed by atoms with E-state index < -0.39 is 6.04 Å². The van der Waals surface area contributed by atoms with Crippen LogP contribution in [0.1, 0.15) is 5.56 Å². The summed E-state index contributed by atoms with van der Waals surface area (Å²) in [4.78, 5) is 24.7. The Hall–Kier alpha value is -1.08. The number of H-pyrrole nitrogens is 1. The normalized spacial score (nSPS) is 10.8. The Morgan fingerprint density at radius 1 is 1.50 bits per heavy atom. The van der Waals surface area contributed by atoms with Crippen molar-refractivity contribution in [3.05, 3.63) is 34.2 Å². The van der Waals surface area contributed by atoms with Crippen molar-refractivity contribution in [2.24, 2.45) is 5.73 Å². The number of methoxy groups -OCH3 is 1. The molecule has 0 spiro atoms. The molecule has 6 nitrogen and oxygen atoms in total. The van der Waals surface area contributed by atoms with Crippen LogP contribution in [0.25, 0.3) is 0 Å². The first-order valence-electron chi connectivity index (χ1n) is 4.83. The fourth-order valence-corrected chi connectivity index (χ4v) is 1.13. The van der Waals surface area contributed by atoms with Gasteiger partial charge < -0.3 is 20.8 Å². The van der Waals surface area contributed by atoms with Crippen LogP contribution in [0.2, 0.25) is 0 Å². The van der Waals surface area contributed by atoms with E-state index in [2.05, 4.69) is 10.3 Å². The average molecular weight is 298 g/mol. The van der Waals surface area contributed by atoms with Crippen LogP contribution in [-0.2, 0) is 16.1 Å². The van der Waals surface area contributed by atoms with Crippen molar-refractivity contribution in [1.82, 2.24) is 10.3 Å². The summed E-state index contributed by atoms with van der Waals surface area (Å²) in [5.74, 6) is -0.284. The highest BCUT2D eigenvalue weighted by Crippen LogP contribution is 1.92. The van der Waals surface area contributed by atoms with Crippen molar-refractivity contribution in [2.75, 3.05) is 13.7 Å². The molecule has 1 amide bonds. The maximum atomic E-state index is 11.4. The molecule has 0 saturated carbocycles. The van der Waals surface area contributed by atoms with Crippen LogP contribution in [-0.4, -0.2) is 30.6 Å². The summed E-state index contributed by atoms with van der Waals surface area (Å²) in [7, 11) is 1.48. The largest absolute Gasteiger partial charge is 0.383 e. The zero-order valence-corrected chi connectivity index (χ0v) is 11.5. The van der Waals surface area contributed by atoms with Gasteiger partial charge in [-0.25, -0.2) is 0 Å². The number of hydrogen-bond acceptors (Lipinski definition) is 4. The summed E-state index contributed by atoms with van der Waals surface area (Å²) in [6, 6.07) is 2.37. The van der Waals surface area contributed by atoms with Crippen molar-refractivity contribution in [3.63, 3.8) is 0 Å². The number of aromatic nitrogens is 1. The lowest BCUT2D eigenvalue weighted by molar-refractivity contribution is -0.123. The van der Waals surface area contributed by atoms with E-state index in [0.717, 1.165) is 5.56 Å². The van der Waals surface area contributed by atoms with Gasteiger partial charge in [-0.1, -0.05) is 6.07 Å². The average Bonchev–Trinajstić information content (AvgIpc) is 2.28. The molecule has 0 aliphatic heterocycles. The molecule has 1 aromatic rings. The minimum absolute atomic E-state index is 0. The molecule has 104 valence electrons. The standard InChI is InChI=1S/C10H15N3O3.2ClH/c1-16-6-8(11)10(15)13-5-7-2-3-9(14)12-4-7;;/h2-4,8H,5-6,11H2,1H3,(H,12,14)(H,13,15);2*1H. The first-order valence-corrected chi connectivity index (χ1v) is 4.83. The Kier molecular flexibility index (Phi) is 10.6. The minimum atomic E-state index is -0.673. The lowest BCUT2D eigenvalue weighted by Crippen LogP contribution is -2.43. The van der Waals surface area contributed by atoms with Crippen molar-refractivity contribution in [2.45, 2.75) is 12.6 Å². The van der Waals surface area contributed by atoms with Crippen LogP contribution in [0.3, 0.4) is 0 Å². The van der Waals surface area contributed by atoms with Crippen molar-refractivity contribution < 1.29 is 9.53 Å². The number of carbonyl (C=O) groups excluding carboxylic acids is 1. The number of nitrogens with one attached hydrogen (secondary N) is 2. The van der Waals surface area contributed by atoms with Gasteiger partial charge in [0.15, 0.2) is 0 Å². The van der Waals surface area contributed by atoms with E-state index in [1.54, 1.807) is 12.3 Å². The van der Waals surface area contributed by atoms with E-state index in [4.69, 9.17) is 10.5 Å². The van der Waals surface area contributed by atoms with Crippen molar-refractivity contribution in [1.29, 1.82) is 0 Å². The Balaban J connectivity index is 0. The third-order valence-electron chi connectivity index (χ3n) is 2.00. The van der Waals surface area contributed by atoms with E-state index in [-0.39, 0.29) is 42.9 Å². The monoisotopic (exact) mass is 297 g/mol. The molecule has 1 atom stereocenters. The summed E-state index contributed by atoms with van der Waals surface area (Å²) in [6.45, 7) is 0.504. The summed E-state index contributed by atoms with van der Waals surface area (Å²) >= 11 is 0. The van der Waals surface area contributed by atoms with Gasteiger partial charge in [0, 0.05) is 25.9 Å². The predicted molar refractivity (Wildman–Crippen MR) is 73.3 cm³/mol. The Bertz CT molecular complexity index is 391. The predicted octanol–water partition coefficient (Wildman–Crippen LogP) is -0.192. The van der Waals surface area contributed by atoms with Gasteiger partial charge in [0.25, 0.3) is 0 Å². The number of aromatic amines is 1. The van der Waals surface area contributed by atoms with Gasteiger partial charge in [0.1, 0.15) is 6.04 Å². The maximum Gasteiger partial charge on any atom is 0.247 e. The Morgan fingerprint density at radius 3 is 2.67 bits per heavy atom.